The van der Waals surface area contributed by atoms with E-state index in [-0.39, 0.29) is 0 Å². The number of aromatic nitrogens is 2. The summed E-state index contributed by atoms with van der Waals surface area (Å²) in [5.41, 5.74) is 6.30. The summed E-state index contributed by atoms with van der Waals surface area (Å²) in [5.74, 6) is 0. The Hall–Kier alpha value is -0.610. The van der Waals surface area contributed by atoms with Gasteiger partial charge in [-0.3, -0.25) is 0 Å². The summed E-state index contributed by atoms with van der Waals surface area (Å²) in [5, 5.41) is 0.490. The maximum absolute atomic E-state index is 5.82. The van der Waals surface area contributed by atoms with Gasteiger partial charge in [0, 0.05) is 13.0 Å². The summed E-state index contributed by atoms with van der Waals surface area (Å²) in [4.78, 5) is 4.39. The highest BCUT2D eigenvalue weighted by molar-refractivity contribution is 7.80. The van der Waals surface area contributed by atoms with Gasteiger partial charge in [0.15, 0.2) is 5.15 Å². The first-order valence-corrected chi connectivity index (χ1v) is 4.41. The maximum Gasteiger partial charge on any atom is 0.150 e. The largest absolute Gasteiger partial charge is 0.393 e. The van der Waals surface area contributed by atoms with Crippen molar-refractivity contribution in [2.24, 2.45) is 5.73 Å². The molecule has 66 valence electrons. The lowest BCUT2D eigenvalue weighted by Gasteiger charge is -2.03. The van der Waals surface area contributed by atoms with Crippen molar-refractivity contribution in [2.45, 2.75) is 19.9 Å². The van der Waals surface area contributed by atoms with Gasteiger partial charge in [0.1, 0.15) is 0 Å². The second-order valence-electron chi connectivity index (χ2n) is 2.41. The zero-order valence-electron chi connectivity index (χ0n) is 6.75. The molecule has 0 aliphatic rings. The van der Waals surface area contributed by atoms with E-state index in [2.05, 4.69) is 4.98 Å². The predicted octanol–water partition coefficient (Wildman–Crippen LogP) is 1.39. The number of rotatable bonds is 3. The van der Waals surface area contributed by atoms with Gasteiger partial charge in [0.2, 0.25) is 0 Å². The van der Waals surface area contributed by atoms with Gasteiger partial charge in [-0.25, -0.2) is 4.98 Å². The molecule has 0 saturated carbocycles. The topological polar surface area (TPSA) is 43.8 Å². The van der Waals surface area contributed by atoms with Crippen LogP contribution >= 0.6 is 23.8 Å². The van der Waals surface area contributed by atoms with Crippen molar-refractivity contribution in [3.8, 4) is 0 Å². The fourth-order valence-corrected chi connectivity index (χ4v) is 1.35. The van der Waals surface area contributed by atoms with Crippen LogP contribution in [0.1, 0.15) is 12.6 Å². The van der Waals surface area contributed by atoms with Crippen LogP contribution in [0.2, 0.25) is 5.15 Å². The minimum Gasteiger partial charge on any atom is -0.393 e. The molecule has 0 aliphatic carbocycles. The second kappa shape index (κ2) is 3.87. The Morgan fingerprint density at radius 1 is 1.83 bits per heavy atom. The number of hydrogen-bond donors (Lipinski definition) is 1. The molecule has 1 aromatic rings. The molecular weight excluding hydrogens is 194 g/mol. The Balaban J connectivity index is 2.94. The van der Waals surface area contributed by atoms with Crippen molar-refractivity contribution in [2.75, 3.05) is 0 Å². The quantitative estimate of drug-likeness (QED) is 0.756. The molecule has 0 fully saturated rings. The minimum absolute atomic E-state index is 0.437. The van der Waals surface area contributed by atoms with Crippen LogP contribution < -0.4 is 5.73 Å². The highest BCUT2D eigenvalue weighted by atomic mass is 35.5. The van der Waals surface area contributed by atoms with Gasteiger partial charge < -0.3 is 10.3 Å². The zero-order chi connectivity index (χ0) is 9.14. The summed E-state index contributed by atoms with van der Waals surface area (Å²) in [6.45, 7) is 2.85. The molecule has 0 spiro atoms. The van der Waals surface area contributed by atoms with Crippen LogP contribution in [-0.4, -0.2) is 14.5 Å². The zero-order valence-corrected chi connectivity index (χ0v) is 8.32. The van der Waals surface area contributed by atoms with Crippen molar-refractivity contribution >= 4 is 28.8 Å². The average Bonchev–Trinajstić information content (AvgIpc) is 2.32. The van der Waals surface area contributed by atoms with Crippen LogP contribution in [-0.2, 0) is 13.0 Å². The lowest BCUT2D eigenvalue weighted by molar-refractivity contribution is 0.730. The fourth-order valence-electron chi connectivity index (χ4n) is 0.995. The number of thiocarbonyl (C=S) groups is 1. The highest BCUT2D eigenvalue weighted by Gasteiger charge is 2.08. The van der Waals surface area contributed by atoms with E-state index in [0.717, 1.165) is 12.2 Å². The Kier molecular flexibility index (Phi) is 3.05. The van der Waals surface area contributed by atoms with E-state index in [1.165, 1.54) is 0 Å². The van der Waals surface area contributed by atoms with Crippen LogP contribution in [0, 0.1) is 0 Å². The smallest absolute Gasteiger partial charge is 0.150 e. The molecule has 0 bridgehead atoms. The van der Waals surface area contributed by atoms with Gasteiger partial charge in [-0.15, -0.1) is 0 Å². The van der Waals surface area contributed by atoms with Gasteiger partial charge in [-0.2, -0.15) is 0 Å². The lowest BCUT2D eigenvalue weighted by atomic mass is 10.3. The second-order valence-corrected chi connectivity index (χ2v) is 3.29. The minimum atomic E-state index is 0.437. The molecule has 0 amide bonds. The first kappa shape index (κ1) is 9.48. The van der Waals surface area contributed by atoms with Crippen molar-refractivity contribution < 1.29 is 0 Å². The molecular formula is C7H10ClN3S. The molecule has 0 atom stereocenters. The third-order valence-corrected chi connectivity index (χ3v) is 2.04. The molecule has 0 aromatic carbocycles. The Morgan fingerprint density at radius 2 is 2.50 bits per heavy atom. The standard InChI is InChI=1S/C7H10ClN3S/c1-2-11-4-10-7(8)5(11)3-6(9)12/h4H,2-3H2,1H3,(H2,9,12). The molecule has 0 unspecified atom stereocenters. The summed E-state index contributed by atoms with van der Waals surface area (Å²) in [6, 6.07) is 0. The van der Waals surface area contributed by atoms with Crippen molar-refractivity contribution in [3.63, 3.8) is 0 Å². The number of hydrogen-bond acceptors (Lipinski definition) is 2. The molecule has 12 heavy (non-hydrogen) atoms. The maximum atomic E-state index is 5.82. The van der Waals surface area contributed by atoms with Gasteiger partial charge in [0.25, 0.3) is 0 Å². The number of nitrogens with two attached hydrogens (primary N) is 1. The first-order chi connectivity index (χ1) is 5.65. The predicted molar refractivity (Wildman–Crippen MR) is 53.4 cm³/mol. The normalized spacial score (nSPS) is 10.2. The Morgan fingerprint density at radius 3 is 3.00 bits per heavy atom. The molecule has 3 nitrogen and oxygen atoms in total. The van der Waals surface area contributed by atoms with E-state index in [1.54, 1.807) is 6.33 Å². The van der Waals surface area contributed by atoms with E-state index in [4.69, 9.17) is 29.6 Å². The third-order valence-electron chi connectivity index (χ3n) is 1.58. The van der Waals surface area contributed by atoms with Crippen molar-refractivity contribution in [3.05, 3.63) is 17.2 Å². The molecule has 1 heterocycles. The van der Waals surface area contributed by atoms with E-state index in [0.29, 0.717) is 16.6 Å². The van der Waals surface area contributed by atoms with Gasteiger partial charge in [-0.1, -0.05) is 23.8 Å². The summed E-state index contributed by atoms with van der Waals surface area (Å²) in [6.07, 6.45) is 2.21. The third kappa shape index (κ3) is 1.95. The van der Waals surface area contributed by atoms with E-state index in [1.807, 2.05) is 11.5 Å². The number of imidazole rings is 1. The highest BCUT2D eigenvalue weighted by Crippen LogP contribution is 2.14. The monoisotopic (exact) mass is 203 g/mol. The summed E-state index contributed by atoms with van der Waals surface area (Å²) < 4.78 is 1.93. The van der Waals surface area contributed by atoms with Gasteiger partial charge in [0.05, 0.1) is 17.0 Å². The molecule has 5 heteroatoms. The molecule has 1 rings (SSSR count). The average molecular weight is 204 g/mol. The van der Waals surface area contributed by atoms with Crippen molar-refractivity contribution in [1.82, 2.24) is 9.55 Å². The van der Waals surface area contributed by atoms with Crippen LogP contribution in [0.3, 0.4) is 0 Å². The molecule has 0 aliphatic heterocycles. The van der Waals surface area contributed by atoms with Crippen LogP contribution in [0.5, 0.6) is 0 Å². The fraction of sp³-hybridized carbons (Fsp3) is 0.429. The van der Waals surface area contributed by atoms with Gasteiger partial charge >= 0.3 is 0 Å². The number of aryl methyl sites for hydroxylation is 1. The lowest BCUT2D eigenvalue weighted by Crippen LogP contribution is -2.14. The summed E-state index contributed by atoms with van der Waals surface area (Å²) in [7, 11) is 0. The van der Waals surface area contributed by atoms with Crippen LogP contribution in [0.15, 0.2) is 6.33 Å². The SMILES string of the molecule is CCn1cnc(Cl)c1CC(N)=S. The number of halogens is 1. The molecule has 0 saturated heterocycles. The van der Waals surface area contributed by atoms with E-state index >= 15 is 0 Å². The molecule has 2 N–H and O–H groups in total. The molecule has 0 radical (unpaired) electrons. The molecule has 1 aromatic heterocycles. The summed E-state index contributed by atoms with van der Waals surface area (Å²) >= 11 is 10.6. The van der Waals surface area contributed by atoms with E-state index < -0.39 is 0 Å². The van der Waals surface area contributed by atoms with Crippen LogP contribution in [0.25, 0.3) is 0 Å². The first-order valence-electron chi connectivity index (χ1n) is 3.63. The van der Waals surface area contributed by atoms with Crippen LogP contribution in [0.4, 0.5) is 0 Å². The Labute approximate surface area is 81.5 Å². The number of nitrogens with zero attached hydrogens (tertiary/aromatic N) is 2. The van der Waals surface area contributed by atoms with Crippen molar-refractivity contribution in [1.29, 1.82) is 0 Å². The van der Waals surface area contributed by atoms with Gasteiger partial charge in [-0.05, 0) is 6.92 Å². The Bertz CT molecular complexity index is 295. The van der Waals surface area contributed by atoms with E-state index in [9.17, 15) is 0 Å².